The van der Waals surface area contributed by atoms with Crippen LogP contribution in [0.2, 0.25) is 5.02 Å². The van der Waals surface area contributed by atoms with E-state index in [9.17, 15) is 14.4 Å². The molecule has 4 aromatic rings. The predicted octanol–water partition coefficient (Wildman–Crippen LogP) is 7.12. The van der Waals surface area contributed by atoms with Gasteiger partial charge in [0.15, 0.2) is 0 Å². The fourth-order valence-corrected chi connectivity index (χ4v) is 11.5. The Kier molecular flexibility index (Phi) is 6.97. The number of imide groups is 1. The molecule has 2 bridgehead atoms. The molecule has 2 aliphatic heterocycles. The summed E-state index contributed by atoms with van der Waals surface area (Å²) < 4.78 is 12.6. The predicted molar refractivity (Wildman–Crippen MR) is 174 cm³/mol. The number of H-pyrrole nitrogens is 1. The van der Waals surface area contributed by atoms with Crippen molar-refractivity contribution in [3.05, 3.63) is 102 Å². The van der Waals surface area contributed by atoms with Gasteiger partial charge >= 0.3 is 4.87 Å². The second-order valence-corrected chi connectivity index (χ2v) is 15.3. The van der Waals surface area contributed by atoms with Crippen LogP contribution in [0.15, 0.2) is 81.0 Å². The SMILES string of the molecule is COc1ccc(N2C(=O)C3C4CC(C3C2=O)C2C4Sc3[nH]c(=O)sc3[C@@H]2c2cc(Br)ccc2OCc2cccc(Cl)c2)cc1. The first-order valence-electron chi connectivity index (χ1n) is 14.4. The lowest BCUT2D eigenvalue weighted by Gasteiger charge is -2.43. The van der Waals surface area contributed by atoms with E-state index in [2.05, 4.69) is 27.0 Å². The van der Waals surface area contributed by atoms with Crippen LogP contribution in [-0.4, -0.2) is 29.2 Å². The molecule has 11 heteroatoms. The number of halogens is 2. The van der Waals surface area contributed by atoms with Gasteiger partial charge in [0.1, 0.15) is 18.1 Å². The number of carbonyl (C=O) groups excluding carboxylic acids is 2. The minimum absolute atomic E-state index is 0.00249. The van der Waals surface area contributed by atoms with E-state index in [-0.39, 0.29) is 57.4 Å². The van der Waals surface area contributed by atoms with Gasteiger partial charge in [-0.25, -0.2) is 0 Å². The molecule has 3 fully saturated rings. The number of anilines is 1. The molecule has 0 spiro atoms. The average molecular weight is 710 g/mol. The van der Waals surface area contributed by atoms with Crippen molar-refractivity contribution < 1.29 is 19.1 Å². The number of methoxy groups -OCH3 is 1. The van der Waals surface area contributed by atoms with Crippen molar-refractivity contribution in [2.45, 2.75) is 29.2 Å². The first-order chi connectivity index (χ1) is 21.3. The molecule has 0 radical (unpaired) electrons. The molecule has 2 saturated carbocycles. The lowest BCUT2D eigenvalue weighted by molar-refractivity contribution is -0.123. The molecule has 7 nitrogen and oxygen atoms in total. The summed E-state index contributed by atoms with van der Waals surface area (Å²) in [5.41, 5.74) is 2.50. The summed E-state index contributed by atoms with van der Waals surface area (Å²) in [6, 6.07) is 20.7. The third kappa shape index (κ3) is 4.40. The number of hydrogen-bond acceptors (Lipinski definition) is 7. The van der Waals surface area contributed by atoms with Crippen LogP contribution >= 0.6 is 50.6 Å². The summed E-state index contributed by atoms with van der Waals surface area (Å²) in [5, 5.41) is 1.59. The van der Waals surface area contributed by atoms with E-state index in [1.165, 1.54) is 16.2 Å². The normalized spacial score (nSPS) is 28.2. The van der Waals surface area contributed by atoms with Crippen molar-refractivity contribution in [3.63, 3.8) is 0 Å². The quantitative estimate of drug-likeness (QED) is 0.215. The number of aromatic nitrogens is 1. The van der Waals surface area contributed by atoms with Crippen LogP contribution in [0.1, 0.15) is 28.3 Å². The molecule has 8 rings (SSSR count). The van der Waals surface area contributed by atoms with Crippen LogP contribution in [-0.2, 0) is 16.2 Å². The highest BCUT2D eigenvalue weighted by molar-refractivity contribution is 9.10. The van der Waals surface area contributed by atoms with Gasteiger partial charge < -0.3 is 14.5 Å². The van der Waals surface area contributed by atoms with E-state index < -0.39 is 0 Å². The number of fused-ring (bicyclic) bond motifs is 9. The molecule has 1 saturated heterocycles. The Morgan fingerprint density at radius 2 is 1.77 bits per heavy atom. The molecule has 3 heterocycles. The zero-order valence-corrected chi connectivity index (χ0v) is 27.3. The maximum absolute atomic E-state index is 14.1. The van der Waals surface area contributed by atoms with Crippen LogP contribution in [0.25, 0.3) is 0 Å². The van der Waals surface area contributed by atoms with Gasteiger partial charge in [0.2, 0.25) is 11.8 Å². The first kappa shape index (κ1) is 28.4. The summed E-state index contributed by atoms with van der Waals surface area (Å²) >= 11 is 12.8. The zero-order valence-electron chi connectivity index (χ0n) is 23.4. The van der Waals surface area contributed by atoms with Crippen molar-refractivity contribution in [1.29, 1.82) is 0 Å². The van der Waals surface area contributed by atoms with Gasteiger partial charge in [-0.3, -0.25) is 19.3 Å². The van der Waals surface area contributed by atoms with Crippen molar-refractivity contribution in [3.8, 4) is 11.5 Å². The van der Waals surface area contributed by atoms with Gasteiger partial charge in [0.05, 0.1) is 29.7 Å². The van der Waals surface area contributed by atoms with Crippen LogP contribution in [0, 0.1) is 29.6 Å². The van der Waals surface area contributed by atoms with E-state index >= 15 is 0 Å². The van der Waals surface area contributed by atoms with Gasteiger partial charge in [0, 0.05) is 31.1 Å². The highest BCUT2D eigenvalue weighted by Crippen LogP contribution is 2.69. The molecule has 1 N–H and O–H groups in total. The van der Waals surface area contributed by atoms with Crippen LogP contribution in [0.4, 0.5) is 5.69 Å². The standard InChI is InChI=1S/C33H26BrClN2O5S2/c1-41-19-8-6-18(7-9-19)37-31(38)26-21-13-22(27(26)32(37)39)28-25(21)24(29-30(43-28)36-33(40)44-29)20-12-16(34)5-10-23(20)42-14-15-3-2-4-17(35)11-15/h2-12,21-22,24-28H,13-14H2,1H3,(H,36,40)/t21?,22?,24-,25?,26?,27?,28?/m1/s1. The number of nitrogens with one attached hydrogen (secondary N) is 1. The lowest BCUT2D eigenvalue weighted by Crippen LogP contribution is -2.42. The number of thioether (sulfide) groups is 1. The van der Waals surface area contributed by atoms with E-state index in [4.69, 9.17) is 21.1 Å². The molecule has 6 unspecified atom stereocenters. The van der Waals surface area contributed by atoms with E-state index in [1.807, 2.05) is 36.4 Å². The summed E-state index contributed by atoms with van der Waals surface area (Å²) in [6.45, 7) is 0.335. The monoisotopic (exact) mass is 708 g/mol. The number of aromatic amines is 1. The molecular weight excluding hydrogens is 684 g/mol. The Bertz CT molecular complexity index is 1880. The smallest absolute Gasteiger partial charge is 0.305 e. The Hall–Kier alpha value is -3.05. The highest BCUT2D eigenvalue weighted by atomic mass is 79.9. The number of nitrogens with zero attached hydrogens (tertiary/aromatic N) is 1. The number of amides is 2. The molecule has 4 aliphatic rings. The van der Waals surface area contributed by atoms with E-state index in [0.717, 1.165) is 37.7 Å². The van der Waals surface area contributed by atoms with Gasteiger partial charge in [-0.05, 0) is 84.3 Å². The Balaban J connectivity index is 1.19. The second kappa shape index (κ2) is 10.8. The molecule has 2 amide bonds. The van der Waals surface area contributed by atoms with Crippen LogP contribution < -0.4 is 19.2 Å². The maximum atomic E-state index is 14.1. The molecule has 1 aromatic heterocycles. The molecule has 224 valence electrons. The van der Waals surface area contributed by atoms with Gasteiger partial charge in [-0.15, -0.1) is 11.8 Å². The largest absolute Gasteiger partial charge is 0.497 e. The average Bonchev–Trinajstić information content (AvgIpc) is 3.75. The molecule has 44 heavy (non-hydrogen) atoms. The summed E-state index contributed by atoms with van der Waals surface area (Å²) in [6.07, 6.45) is 0.813. The minimum atomic E-state index is -0.390. The highest BCUT2D eigenvalue weighted by Gasteiger charge is 2.69. The number of carbonyl (C=O) groups is 2. The summed E-state index contributed by atoms with van der Waals surface area (Å²) in [7, 11) is 1.59. The Morgan fingerprint density at radius 3 is 2.52 bits per heavy atom. The molecule has 2 aliphatic carbocycles. The van der Waals surface area contributed by atoms with Crippen LogP contribution in [0.3, 0.4) is 0 Å². The van der Waals surface area contributed by atoms with Crippen LogP contribution in [0.5, 0.6) is 11.5 Å². The number of ether oxygens (including phenoxy) is 2. The summed E-state index contributed by atoms with van der Waals surface area (Å²) in [5.74, 6) is 0.312. The number of thiazole rings is 1. The number of hydrogen-bond donors (Lipinski definition) is 1. The third-order valence-electron chi connectivity index (χ3n) is 9.64. The fourth-order valence-electron chi connectivity index (χ4n) is 8.03. The third-order valence-corrected chi connectivity index (χ3v) is 13.0. The van der Waals surface area contributed by atoms with Crippen molar-refractivity contribution >= 4 is 68.1 Å². The molecule has 7 atom stereocenters. The first-order valence-corrected chi connectivity index (χ1v) is 17.3. The maximum Gasteiger partial charge on any atom is 0.305 e. The molecular formula is C33H26BrClN2O5S2. The van der Waals surface area contributed by atoms with Crippen molar-refractivity contribution in [1.82, 2.24) is 4.98 Å². The Labute approximate surface area is 275 Å². The number of rotatable bonds is 6. The van der Waals surface area contributed by atoms with Gasteiger partial charge in [-0.2, -0.15) is 0 Å². The van der Waals surface area contributed by atoms with Gasteiger partial charge in [0.25, 0.3) is 0 Å². The topological polar surface area (TPSA) is 88.7 Å². The van der Waals surface area contributed by atoms with Gasteiger partial charge in [-0.1, -0.05) is 51.0 Å². The second-order valence-electron chi connectivity index (χ2n) is 11.8. The fraction of sp³-hybridized carbons (Fsp3) is 0.303. The van der Waals surface area contributed by atoms with Crippen molar-refractivity contribution in [2.75, 3.05) is 12.0 Å². The van der Waals surface area contributed by atoms with E-state index in [1.54, 1.807) is 43.1 Å². The minimum Gasteiger partial charge on any atom is -0.497 e. The van der Waals surface area contributed by atoms with E-state index in [0.29, 0.717) is 23.1 Å². The molecule has 3 aromatic carbocycles. The zero-order chi connectivity index (χ0) is 30.3. The number of benzene rings is 3. The van der Waals surface area contributed by atoms with Crippen molar-refractivity contribution in [2.24, 2.45) is 29.6 Å². The Morgan fingerprint density at radius 1 is 1.00 bits per heavy atom. The lowest BCUT2D eigenvalue weighted by atomic mass is 9.68. The summed E-state index contributed by atoms with van der Waals surface area (Å²) in [4.78, 5) is 46.1.